The fourth-order valence-corrected chi connectivity index (χ4v) is 2.43. The highest BCUT2D eigenvalue weighted by Gasteiger charge is 2.10. The predicted molar refractivity (Wildman–Crippen MR) is 90.9 cm³/mol. The van der Waals surface area contributed by atoms with Gasteiger partial charge < -0.3 is 14.8 Å². The lowest BCUT2D eigenvalue weighted by atomic mass is 10.1. The molecule has 0 aliphatic carbocycles. The Morgan fingerprint density at radius 2 is 1.74 bits per heavy atom. The highest BCUT2D eigenvalue weighted by atomic mass is 16.5. The van der Waals surface area contributed by atoms with Gasteiger partial charge in [-0.05, 0) is 36.6 Å². The summed E-state index contributed by atoms with van der Waals surface area (Å²) in [6.45, 7) is 1.99. The molecule has 0 saturated heterocycles. The van der Waals surface area contributed by atoms with Gasteiger partial charge in [0.05, 0.1) is 20.3 Å². The van der Waals surface area contributed by atoms with Crippen molar-refractivity contribution in [2.24, 2.45) is 0 Å². The van der Waals surface area contributed by atoms with E-state index in [9.17, 15) is 4.79 Å². The molecule has 0 bridgehead atoms. The second-order valence-electron chi connectivity index (χ2n) is 5.39. The van der Waals surface area contributed by atoms with Crippen molar-refractivity contribution in [3.63, 3.8) is 0 Å². The number of benzene rings is 2. The molecule has 2 aromatic rings. The minimum Gasteiger partial charge on any atom is -0.493 e. The number of rotatable bonds is 7. The van der Waals surface area contributed by atoms with Crippen LogP contribution in [0.4, 0.5) is 0 Å². The van der Waals surface area contributed by atoms with Crippen LogP contribution in [0.15, 0.2) is 48.5 Å². The molecule has 1 N–H and O–H groups in total. The number of amides is 1. The van der Waals surface area contributed by atoms with E-state index in [1.807, 2.05) is 55.5 Å². The van der Waals surface area contributed by atoms with E-state index in [1.54, 1.807) is 14.2 Å². The molecule has 0 heterocycles. The summed E-state index contributed by atoms with van der Waals surface area (Å²) in [5.41, 5.74) is 2.15. The first-order valence-corrected chi connectivity index (χ1v) is 7.69. The molecule has 0 fully saturated rings. The van der Waals surface area contributed by atoms with Crippen molar-refractivity contribution in [2.45, 2.75) is 25.8 Å². The van der Waals surface area contributed by atoms with Crippen LogP contribution in [-0.2, 0) is 11.2 Å². The van der Waals surface area contributed by atoms with Crippen LogP contribution in [0.25, 0.3) is 0 Å². The Morgan fingerprint density at radius 1 is 1.04 bits per heavy atom. The Kier molecular flexibility index (Phi) is 6.03. The molecule has 1 amide bonds. The monoisotopic (exact) mass is 313 g/mol. The summed E-state index contributed by atoms with van der Waals surface area (Å²) >= 11 is 0. The van der Waals surface area contributed by atoms with Gasteiger partial charge in [0.1, 0.15) is 0 Å². The third-order valence-electron chi connectivity index (χ3n) is 3.77. The first-order chi connectivity index (χ1) is 11.1. The maximum atomic E-state index is 12.1. The van der Waals surface area contributed by atoms with Crippen molar-refractivity contribution in [1.29, 1.82) is 0 Å². The Hall–Kier alpha value is -2.49. The topological polar surface area (TPSA) is 47.6 Å². The van der Waals surface area contributed by atoms with E-state index in [0.29, 0.717) is 24.3 Å². The molecule has 0 spiro atoms. The smallest absolute Gasteiger partial charge is 0.220 e. The normalized spacial score (nSPS) is 11.6. The summed E-state index contributed by atoms with van der Waals surface area (Å²) in [5.74, 6) is 1.41. The van der Waals surface area contributed by atoms with Gasteiger partial charge in [-0.1, -0.05) is 36.4 Å². The second kappa shape index (κ2) is 8.22. The second-order valence-corrected chi connectivity index (χ2v) is 5.39. The number of ether oxygens (including phenoxy) is 2. The SMILES string of the molecule is COc1ccc(CCC(=O)N[C@H](C)c2ccccc2)cc1OC. The van der Waals surface area contributed by atoms with E-state index in [0.717, 1.165) is 11.1 Å². The number of nitrogens with one attached hydrogen (secondary N) is 1. The van der Waals surface area contributed by atoms with Crippen LogP contribution in [0, 0.1) is 0 Å². The van der Waals surface area contributed by atoms with Gasteiger partial charge in [0.25, 0.3) is 0 Å². The average molecular weight is 313 g/mol. The van der Waals surface area contributed by atoms with Crippen molar-refractivity contribution >= 4 is 5.91 Å². The lowest BCUT2D eigenvalue weighted by Gasteiger charge is -2.14. The van der Waals surface area contributed by atoms with E-state index in [4.69, 9.17) is 9.47 Å². The van der Waals surface area contributed by atoms with Gasteiger partial charge in [-0.2, -0.15) is 0 Å². The van der Waals surface area contributed by atoms with E-state index < -0.39 is 0 Å². The molecule has 4 heteroatoms. The van der Waals surface area contributed by atoms with Gasteiger partial charge >= 0.3 is 0 Å². The maximum absolute atomic E-state index is 12.1. The Labute approximate surface area is 137 Å². The fourth-order valence-electron chi connectivity index (χ4n) is 2.43. The summed E-state index contributed by atoms with van der Waals surface area (Å²) < 4.78 is 10.5. The van der Waals surface area contributed by atoms with Gasteiger partial charge in [0.2, 0.25) is 5.91 Å². The molecular weight excluding hydrogens is 290 g/mol. The van der Waals surface area contributed by atoms with Crippen LogP contribution in [0.1, 0.15) is 30.5 Å². The average Bonchev–Trinajstić information content (AvgIpc) is 2.60. The number of aryl methyl sites for hydroxylation is 1. The van der Waals surface area contributed by atoms with Crippen LogP contribution in [0.5, 0.6) is 11.5 Å². The molecule has 2 aromatic carbocycles. The summed E-state index contributed by atoms with van der Waals surface area (Å²) in [7, 11) is 3.21. The van der Waals surface area contributed by atoms with Crippen molar-refractivity contribution in [3.8, 4) is 11.5 Å². The molecule has 122 valence electrons. The molecule has 1 atom stereocenters. The molecule has 0 aliphatic rings. The number of carbonyl (C=O) groups is 1. The molecule has 0 unspecified atom stereocenters. The minimum absolute atomic E-state index is 0.00843. The summed E-state index contributed by atoms with van der Waals surface area (Å²) in [5, 5.41) is 3.02. The number of hydrogen-bond acceptors (Lipinski definition) is 3. The standard InChI is InChI=1S/C19H23NO3/c1-14(16-7-5-4-6-8-16)20-19(21)12-10-15-9-11-17(22-2)18(13-15)23-3/h4-9,11,13-14H,10,12H2,1-3H3,(H,20,21)/t14-/m1/s1. The molecule has 4 nitrogen and oxygen atoms in total. The summed E-state index contributed by atoms with van der Waals surface area (Å²) in [6.07, 6.45) is 1.10. The zero-order chi connectivity index (χ0) is 16.7. The van der Waals surface area contributed by atoms with Crippen molar-refractivity contribution in [3.05, 3.63) is 59.7 Å². The van der Waals surface area contributed by atoms with E-state index in [-0.39, 0.29) is 11.9 Å². The molecule has 2 rings (SSSR count). The highest BCUT2D eigenvalue weighted by molar-refractivity contribution is 5.76. The molecule has 0 aromatic heterocycles. The van der Waals surface area contributed by atoms with Gasteiger partial charge in [-0.15, -0.1) is 0 Å². The highest BCUT2D eigenvalue weighted by Crippen LogP contribution is 2.28. The third kappa shape index (κ3) is 4.74. The molecular formula is C19H23NO3. The van der Waals surface area contributed by atoms with Crippen LogP contribution >= 0.6 is 0 Å². The Morgan fingerprint density at radius 3 is 2.39 bits per heavy atom. The lowest BCUT2D eigenvalue weighted by Crippen LogP contribution is -2.26. The summed E-state index contributed by atoms with van der Waals surface area (Å²) in [6, 6.07) is 15.7. The van der Waals surface area contributed by atoms with E-state index in [1.165, 1.54) is 0 Å². The largest absolute Gasteiger partial charge is 0.493 e. The minimum atomic E-state index is 0.00843. The number of methoxy groups -OCH3 is 2. The van der Waals surface area contributed by atoms with E-state index >= 15 is 0 Å². The first kappa shape index (κ1) is 16.9. The van der Waals surface area contributed by atoms with Crippen LogP contribution < -0.4 is 14.8 Å². The van der Waals surface area contributed by atoms with Gasteiger partial charge in [0.15, 0.2) is 11.5 Å². The zero-order valence-corrected chi connectivity index (χ0v) is 13.8. The molecule has 0 saturated carbocycles. The summed E-state index contributed by atoms with van der Waals surface area (Å²) in [4.78, 5) is 12.1. The molecule has 0 aliphatic heterocycles. The quantitative estimate of drug-likeness (QED) is 0.851. The third-order valence-corrected chi connectivity index (χ3v) is 3.77. The van der Waals surface area contributed by atoms with Crippen LogP contribution in [0.2, 0.25) is 0 Å². The Balaban J connectivity index is 1.89. The van der Waals surface area contributed by atoms with Crippen molar-refractivity contribution in [1.82, 2.24) is 5.32 Å². The number of carbonyl (C=O) groups excluding carboxylic acids is 1. The Bertz CT molecular complexity index is 640. The van der Waals surface area contributed by atoms with Gasteiger partial charge in [0, 0.05) is 6.42 Å². The van der Waals surface area contributed by atoms with Crippen LogP contribution in [0.3, 0.4) is 0 Å². The van der Waals surface area contributed by atoms with Gasteiger partial charge in [-0.3, -0.25) is 4.79 Å². The number of hydrogen-bond donors (Lipinski definition) is 1. The van der Waals surface area contributed by atoms with E-state index in [2.05, 4.69) is 5.32 Å². The molecule has 23 heavy (non-hydrogen) atoms. The maximum Gasteiger partial charge on any atom is 0.220 e. The van der Waals surface area contributed by atoms with Crippen LogP contribution in [-0.4, -0.2) is 20.1 Å². The zero-order valence-electron chi connectivity index (χ0n) is 13.8. The van der Waals surface area contributed by atoms with Crippen molar-refractivity contribution in [2.75, 3.05) is 14.2 Å². The lowest BCUT2D eigenvalue weighted by molar-refractivity contribution is -0.121. The molecule has 0 radical (unpaired) electrons. The fraction of sp³-hybridized carbons (Fsp3) is 0.316. The van der Waals surface area contributed by atoms with Crippen molar-refractivity contribution < 1.29 is 14.3 Å². The van der Waals surface area contributed by atoms with Gasteiger partial charge in [-0.25, -0.2) is 0 Å². The first-order valence-electron chi connectivity index (χ1n) is 7.69. The predicted octanol–water partition coefficient (Wildman–Crippen LogP) is 3.51.